The Morgan fingerprint density at radius 1 is 1.69 bits per heavy atom. The normalized spacial score (nSPS) is 11.4. The van der Waals surface area contributed by atoms with Gasteiger partial charge in [-0.25, -0.2) is 0 Å². The van der Waals surface area contributed by atoms with Gasteiger partial charge in [0.25, 0.3) is 0 Å². The standard InChI is InChI=1S/C7H8ClN3S2/c1-4(10-11-7(9)12)5-2-3-6(8)13-5/h2-3H,1H3,(H3,9,11,12)/b10-4-. The van der Waals surface area contributed by atoms with E-state index in [-0.39, 0.29) is 5.11 Å². The fourth-order valence-electron chi connectivity index (χ4n) is 0.703. The molecule has 3 N–H and O–H groups in total. The van der Waals surface area contributed by atoms with E-state index in [4.69, 9.17) is 17.3 Å². The van der Waals surface area contributed by atoms with Crippen molar-refractivity contribution in [2.75, 3.05) is 0 Å². The van der Waals surface area contributed by atoms with Crippen LogP contribution < -0.4 is 11.2 Å². The third-order valence-electron chi connectivity index (χ3n) is 1.26. The van der Waals surface area contributed by atoms with E-state index in [9.17, 15) is 0 Å². The lowest BCUT2D eigenvalue weighted by Gasteiger charge is -1.97. The van der Waals surface area contributed by atoms with Crippen LogP contribution in [0.4, 0.5) is 0 Å². The highest BCUT2D eigenvalue weighted by atomic mass is 35.5. The maximum Gasteiger partial charge on any atom is 0.184 e. The zero-order chi connectivity index (χ0) is 9.84. The quantitative estimate of drug-likeness (QED) is 0.467. The molecule has 0 aliphatic carbocycles. The third kappa shape index (κ3) is 3.30. The minimum Gasteiger partial charge on any atom is -0.375 e. The van der Waals surface area contributed by atoms with E-state index in [2.05, 4.69) is 22.7 Å². The molecule has 0 bridgehead atoms. The van der Waals surface area contributed by atoms with Crippen LogP contribution in [0.1, 0.15) is 11.8 Å². The zero-order valence-corrected chi connectivity index (χ0v) is 9.26. The summed E-state index contributed by atoms with van der Waals surface area (Å²) in [6.45, 7) is 1.85. The predicted molar refractivity (Wildman–Crippen MR) is 61.5 cm³/mol. The van der Waals surface area contributed by atoms with Crippen LogP contribution in [0.5, 0.6) is 0 Å². The summed E-state index contributed by atoms with van der Waals surface area (Å²) in [7, 11) is 0. The number of nitrogens with two attached hydrogens (primary N) is 1. The second-order valence-corrected chi connectivity index (χ2v) is 4.43. The molecule has 0 amide bonds. The van der Waals surface area contributed by atoms with Crippen molar-refractivity contribution in [2.45, 2.75) is 6.92 Å². The van der Waals surface area contributed by atoms with Crippen LogP contribution in [-0.4, -0.2) is 10.8 Å². The SMILES string of the molecule is C/C(=N/NC(N)=S)c1ccc(Cl)s1. The summed E-state index contributed by atoms with van der Waals surface area (Å²) >= 11 is 11.8. The summed E-state index contributed by atoms with van der Waals surface area (Å²) in [4.78, 5) is 0.994. The highest BCUT2D eigenvalue weighted by Gasteiger charge is 2.00. The second kappa shape index (κ2) is 4.55. The number of halogens is 1. The molecule has 0 saturated heterocycles. The molecule has 0 fully saturated rings. The van der Waals surface area contributed by atoms with Crippen molar-refractivity contribution in [3.63, 3.8) is 0 Å². The number of thiophene rings is 1. The maximum atomic E-state index is 5.76. The monoisotopic (exact) mass is 233 g/mol. The Bertz CT molecular complexity index is 345. The summed E-state index contributed by atoms with van der Waals surface area (Å²) in [6.07, 6.45) is 0. The minimum absolute atomic E-state index is 0.155. The van der Waals surface area contributed by atoms with Gasteiger partial charge in [0.2, 0.25) is 0 Å². The summed E-state index contributed by atoms with van der Waals surface area (Å²) in [5.74, 6) is 0. The van der Waals surface area contributed by atoms with E-state index in [1.54, 1.807) is 0 Å². The molecule has 0 aromatic carbocycles. The molecule has 1 aromatic rings. The number of hydrazone groups is 1. The molecular formula is C7H8ClN3S2. The fourth-order valence-corrected chi connectivity index (χ4v) is 1.74. The van der Waals surface area contributed by atoms with Gasteiger partial charge >= 0.3 is 0 Å². The van der Waals surface area contributed by atoms with Crippen LogP contribution >= 0.6 is 35.2 Å². The highest BCUT2D eigenvalue weighted by Crippen LogP contribution is 2.21. The number of nitrogens with zero attached hydrogens (tertiary/aromatic N) is 1. The highest BCUT2D eigenvalue weighted by molar-refractivity contribution is 7.80. The third-order valence-corrected chi connectivity index (χ3v) is 2.69. The Hall–Kier alpha value is -0.650. The van der Waals surface area contributed by atoms with Gasteiger partial charge < -0.3 is 5.73 Å². The van der Waals surface area contributed by atoms with Gasteiger partial charge in [-0.2, -0.15) is 5.10 Å². The molecule has 6 heteroatoms. The largest absolute Gasteiger partial charge is 0.375 e. The van der Waals surface area contributed by atoms with Crippen molar-refractivity contribution in [2.24, 2.45) is 10.8 Å². The van der Waals surface area contributed by atoms with Gasteiger partial charge in [0, 0.05) is 0 Å². The first-order valence-corrected chi connectivity index (χ1v) is 5.05. The van der Waals surface area contributed by atoms with Crippen LogP contribution in [0.15, 0.2) is 17.2 Å². The van der Waals surface area contributed by atoms with Gasteiger partial charge in [0.1, 0.15) is 0 Å². The van der Waals surface area contributed by atoms with Crippen molar-refractivity contribution in [1.82, 2.24) is 5.43 Å². The predicted octanol–water partition coefficient (Wildman–Crippen LogP) is 1.96. The lowest BCUT2D eigenvalue weighted by Crippen LogP contribution is -2.25. The number of rotatable bonds is 2. The van der Waals surface area contributed by atoms with Crippen LogP contribution in [0, 0.1) is 0 Å². The van der Waals surface area contributed by atoms with Crippen molar-refractivity contribution in [1.29, 1.82) is 0 Å². The van der Waals surface area contributed by atoms with E-state index in [1.807, 2.05) is 19.1 Å². The first-order valence-electron chi connectivity index (χ1n) is 3.45. The molecule has 1 rings (SSSR count). The molecule has 1 aromatic heterocycles. The smallest absolute Gasteiger partial charge is 0.184 e. The summed E-state index contributed by atoms with van der Waals surface area (Å²) in [5, 5.41) is 4.11. The molecular weight excluding hydrogens is 226 g/mol. The second-order valence-electron chi connectivity index (χ2n) is 2.28. The van der Waals surface area contributed by atoms with Crippen molar-refractivity contribution in [3.05, 3.63) is 21.3 Å². The van der Waals surface area contributed by atoms with E-state index in [0.29, 0.717) is 0 Å². The number of hydrogen-bond donors (Lipinski definition) is 2. The molecule has 0 unspecified atom stereocenters. The van der Waals surface area contributed by atoms with Crippen LogP contribution in [0.2, 0.25) is 4.34 Å². The summed E-state index contributed by atoms with van der Waals surface area (Å²) in [6, 6.07) is 3.72. The summed E-state index contributed by atoms with van der Waals surface area (Å²) in [5.41, 5.74) is 8.54. The van der Waals surface area contributed by atoms with Crippen LogP contribution in [0.25, 0.3) is 0 Å². The summed E-state index contributed by atoms with van der Waals surface area (Å²) < 4.78 is 0.736. The van der Waals surface area contributed by atoms with E-state index >= 15 is 0 Å². The minimum atomic E-state index is 0.155. The van der Waals surface area contributed by atoms with Crippen molar-refractivity contribution >= 4 is 46.0 Å². The maximum absolute atomic E-state index is 5.76. The Kier molecular flexibility index (Phi) is 3.65. The van der Waals surface area contributed by atoms with Crippen molar-refractivity contribution < 1.29 is 0 Å². The molecule has 0 spiro atoms. The van der Waals surface area contributed by atoms with Gasteiger partial charge in [0.15, 0.2) is 5.11 Å². The van der Waals surface area contributed by atoms with Gasteiger partial charge in [-0.15, -0.1) is 11.3 Å². The Morgan fingerprint density at radius 2 is 2.38 bits per heavy atom. The van der Waals surface area contributed by atoms with Gasteiger partial charge in [-0.1, -0.05) is 11.6 Å². The lowest BCUT2D eigenvalue weighted by molar-refractivity contribution is 1.03. The Labute approximate surface area is 90.6 Å². The zero-order valence-electron chi connectivity index (χ0n) is 6.87. The molecule has 1 heterocycles. The molecule has 0 aliphatic heterocycles. The fraction of sp³-hybridized carbons (Fsp3) is 0.143. The molecule has 0 radical (unpaired) electrons. The van der Waals surface area contributed by atoms with E-state index < -0.39 is 0 Å². The van der Waals surface area contributed by atoms with E-state index in [0.717, 1.165) is 14.9 Å². The van der Waals surface area contributed by atoms with Crippen LogP contribution in [0.3, 0.4) is 0 Å². The molecule has 70 valence electrons. The number of nitrogens with one attached hydrogen (secondary N) is 1. The van der Waals surface area contributed by atoms with Crippen molar-refractivity contribution in [3.8, 4) is 0 Å². The average molecular weight is 234 g/mol. The number of hydrogen-bond acceptors (Lipinski definition) is 3. The molecule has 3 nitrogen and oxygen atoms in total. The van der Waals surface area contributed by atoms with Gasteiger partial charge in [-0.3, -0.25) is 5.43 Å². The number of thiocarbonyl (C=S) groups is 1. The average Bonchev–Trinajstić information content (AvgIpc) is 2.47. The molecule has 0 saturated carbocycles. The lowest BCUT2D eigenvalue weighted by atomic mass is 10.3. The molecule has 0 atom stereocenters. The molecule has 0 aliphatic rings. The van der Waals surface area contributed by atoms with Gasteiger partial charge in [-0.05, 0) is 31.3 Å². The topological polar surface area (TPSA) is 50.4 Å². The Morgan fingerprint density at radius 3 is 2.85 bits per heavy atom. The van der Waals surface area contributed by atoms with Crippen LogP contribution in [-0.2, 0) is 0 Å². The Balaban J connectivity index is 2.72. The first-order chi connectivity index (χ1) is 6.09. The van der Waals surface area contributed by atoms with E-state index in [1.165, 1.54) is 11.3 Å². The molecule has 13 heavy (non-hydrogen) atoms. The first kappa shape index (κ1) is 10.4. The van der Waals surface area contributed by atoms with Gasteiger partial charge in [0.05, 0.1) is 14.9 Å².